The minimum Gasteiger partial charge on any atom is -0.491 e. The van der Waals surface area contributed by atoms with Gasteiger partial charge in [-0.25, -0.2) is 0 Å². The number of hydrogen-bond donors (Lipinski definition) is 0. The third-order valence-electron chi connectivity index (χ3n) is 7.20. The third kappa shape index (κ3) is 5.04. The Bertz CT molecular complexity index is 1020. The van der Waals surface area contributed by atoms with Gasteiger partial charge in [-0.15, -0.1) is 0 Å². The first-order chi connectivity index (χ1) is 16.6. The zero-order valence-electron chi connectivity index (χ0n) is 20.0. The van der Waals surface area contributed by atoms with Crippen molar-refractivity contribution in [3.05, 3.63) is 59.2 Å². The van der Waals surface area contributed by atoms with Gasteiger partial charge in [0.1, 0.15) is 12.4 Å². The van der Waals surface area contributed by atoms with Gasteiger partial charge in [-0.1, -0.05) is 6.07 Å². The number of anilines is 1. The van der Waals surface area contributed by atoms with Gasteiger partial charge in [0.25, 0.3) is 5.91 Å². The van der Waals surface area contributed by atoms with Gasteiger partial charge in [0.2, 0.25) is 5.91 Å². The Morgan fingerprint density at radius 2 is 1.59 bits per heavy atom. The predicted molar refractivity (Wildman–Crippen MR) is 132 cm³/mol. The molecule has 2 saturated heterocycles. The normalized spacial score (nSPS) is 18.9. The molecule has 2 aromatic rings. The minimum absolute atomic E-state index is 0.0511. The molecule has 2 amide bonds. The Balaban J connectivity index is 1.24. The van der Waals surface area contributed by atoms with Crippen molar-refractivity contribution in [2.75, 3.05) is 57.3 Å². The van der Waals surface area contributed by atoms with E-state index in [0.717, 1.165) is 62.7 Å². The molecule has 0 saturated carbocycles. The van der Waals surface area contributed by atoms with Crippen molar-refractivity contribution in [2.45, 2.75) is 32.9 Å². The number of rotatable bonds is 4. The maximum Gasteiger partial charge on any atom is 0.254 e. The van der Waals surface area contributed by atoms with E-state index in [0.29, 0.717) is 19.7 Å². The molecular weight excluding hydrogens is 428 g/mol. The quantitative estimate of drug-likeness (QED) is 0.699. The van der Waals surface area contributed by atoms with E-state index in [1.807, 2.05) is 28.0 Å². The predicted octanol–water partition coefficient (Wildman–Crippen LogP) is 2.99. The fourth-order valence-corrected chi connectivity index (χ4v) is 5.17. The van der Waals surface area contributed by atoms with E-state index in [2.05, 4.69) is 34.1 Å². The summed E-state index contributed by atoms with van der Waals surface area (Å²) < 4.78 is 5.98. The van der Waals surface area contributed by atoms with Gasteiger partial charge in [-0.05, 0) is 54.8 Å². The van der Waals surface area contributed by atoms with E-state index >= 15 is 0 Å². The Morgan fingerprint density at radius 1 is 0.853 bits per heavy atom. The molecule has 0 bridgehead atoms. The molecule has 0 unspecified atom stereocenters. The maximum atomic E-state index is 13.3. The summed E-state index contributed by atoms with van der Waals surface area (Å²) in [4.78, 5) is 33.4. The highest BCUT2D eigenvalue weighted by Crippen LogP contribution is 2.27. The smallest absolute Gasteiger partial charge is 0.254 e. The monoisotopic (exact) mass is 462 g/mol. The maximum absolute atomic E-state index is 13.3. The van der Waals surface area contributed by atoms with Gasteiger partial charge in [0.05, 0.1) is 6.54 Å². The van der Waals surface area contributed by atoms with Gasteiger partial charge in [0, 0.05) is 76.1 Å². The Labute approximate surface area is 201 Å². The average Bonchev–Trinajstić information content (AvgIpc) is 3.31. The Morgan fingerprint density at radius 3 is 2.29 bits per heavy atom. The molecule has 180 valence electrons. The van der Waals surface area contributed by atoms with Crippen molar-refractivity contribution in [1.29, 1.82) is 0 Å². The van der Waals surface area contributed by atoms with E-state index in [1.54, 1.807) is 6.92 Å². The van der Waals surface area contributed by atoms with E-state index in [4.69, 9.17) is 4.74 Å². The first-order valence-electron chi connectivity index (χ1n) is 12.4. The van der Waals surface area contributed by atoms with Crippen LogP contribution in [0.4, 0.5) is 5.69 Å². The molecule has 7 nitrogen and oxygen atoms in total. The topological polar surface area (TPSA) is 56.3 Å². The number of hydrogen-bond acceptors (Lipinski definition) is 5. The van der Waals surface area contributed by atoms with Crippen LogP contribution in [0.1, 0.15) is 41.3 Å². The molecule has 7 heteroatoms. The largest absolute Gasteiger partial charge is 0.491 e. The molecule has 0 N–H and O–H groups in total. The summed E-state index contributed by atoms with van der Waals surface area (Å²) in [5.74, 6) is 1.07. The molecule has 0 aliphatic carbocycles. The summed E-state index contributed by atoms with van der Waals surface area (Å²) in [7, 11) is 0. The summed E-state index contributed by atoms with van der Waals surface area (Å²) in [6, 6.07) is 14.4. The highest BCUT2D eigenvalue weighted by Gasteiger charge is 2.23. The number of amides is 2. The fraction of sp³-hybridized carbons (Fsp3) is 0.481. The van der Waals surface area contributed by atoms with Crippen molar-refractivity contribution in [3.63, 3.8) is 0 Å². The van der Waals surface area contributed by atoms with Crippen molar-refractivity contribution in [2.24, 2.45) is 0 Å². The van der Waals surface area contributed by atoms with Crippen LogP contribution in [0.3, 0.4) is 0 Å². The standard InChI is InChI=1S/C27H34N4O3/c1-21(32)29-14-12-28(13-15-29)19-22-4-9-26-24(18-22)20-31(16-17-34-26)27(33)23-5-7-25(8-6-23)30-10-2-3-11-30/h4-9,18H,2-3,10-17,19-20H2,1H3. The van der Waals surface area contributed by atoms with Gasteiger partial charge in [0.15, 0.2) is 0 Å². The van der Waals surface area contributed by atoms with Gasteiger partial charge < -0.3 is 19.4 Å². The fourth-order valence-electron chi connectivity index (χ4n) is 5.17. The zero-order valence-corrected chi connectivity index (χ0v) is 20.0. The van der Waals surface area contributed by atoms with Gasteiger partial charge in [-0.2, -0.15) is 0 Å². The molecule has 5 rings (SSSR count). The number of benzene rings is 2. The Hall–Kier alpha value is -3.06. The third-order valence-corrected chi connectivity index (χ3v) is 7.20. The number of piperazine rings is 1. The lowest BCUT2D eigenvalue weighted by Gasteiger charge is -2.34. The number of nitrogens with zero attached hydrogens (tertiary/aromatic N) is 4. The molecule has 2 fully saturated rings. The van der Waals surface area contributed by atoms with Crippen molar-refractivity contribution in [1.82, 2.24) is 14.7 Å². The molecule has 34 heavy (non-hydrogen) atoms. The molecule has 0 aromatic heterocycles. The minimum atomic E-state index is 0.0511. The Kier molecular flexibility index (Phi) is 6.72. The van der Waals surface area contributed by atoms with Gasteiger partial charge in [-0.3, -0.25) is 14.5 Å². The van der Waals surface area contributed by atoms with Crippen LogP contribution in [-0.4, -0.2) is 78.9 Å². The summed E-state index contributed by atoms with van der Waals surface area (Å²) in [5.41, 5.74) is 4.19. The van der Waals surface area contributed by atoms with Crippen LogP contribution in [0.2, 0.25) is 0 Å². The lowest BCUT2D eigenvalue weighted by Crippen LogP contribution is -2.47. The summed E-state index contributed by atoms with van der Waals surface area (Å²) in [5, 5.41) is 0. The van der Waals surface area contributed by atoms with E-state index in [9.17, 15) is 9.59 Å². The van der Waals surface area contributed by atoms with Crippen LogP contribution < -0.4 is 9.64 Å². The second-order valence-electron chi connectivity index (χ2n) is 9.54. The second kappa shape index (κ2) is 10.1. The van der Waals surface area contributed by atoms with Gasteiger partial charge >= 0.3 is 0 Å². The van der Waals surface area contributed by atoms with Crippen LogP contribution in [0.15, 0.2) is 42.5 Å². The average molecular weight is 463 g/mol. The van der Waals surface area contributed by atoms with E-state index < -0.39 is 0 Å². The van der Waals surface area contributed by atoms with Crippen LogP contribution in [0, 0.1) is 0 Å². The van der Waals surface area contributed by atoms with E-state index in [1.165, 1.54) is 24.1 Å². The number of carbonyl (C=O) groups excluding carboxylic acids is 2. The van der Waals surface area contributed by atoms with Crippen molar-refractivity contribution >= 4 is 17.5 Å². The van der Waals surface area contributed by atoms with Crippen LogP contribution in [0.5, 0.6) is 5.75 Å². The van der Waals surface area contributed by atoms with Crippen LogP contribution >= 0.6 is 0 Å². The lowest BCUT2D eigenvalue weighted by molar-refractivity contribution is -0.130. The second-order valence-corrected chi connectivity index (χ2v) is 9.54. The van der Waals surface area contributed by atoms with Crippen LogP contribution in [-0.2, 0) is 17.9 Å². The zero-order chi connectivity index (χ0) is 23.5. The number of carbonyl (C=O) groups is 2. The molecule has 0 atom stereocenters. The molecule has 2 aromatic carbocycles. The molecule has 0 spiro atoms. The van der Waals surface area contributed by atoms with Crippen molar-refractivity contribution in [3.8, 4) is 5.75 Å². The first-order valence-corrected chi connectivity index (χ1v) is 12.4. The summed E-state index contributed by atoms with van der Waals surface area (Å²) in [6.45, 7) is 9.61. The number of ether oxygens (including phenoxy) is 1. The SMILES string of the molecule is CC(=O)N1CCN(Cc2ccc3c(c2)CN(C(=O)c2ccc(N4CCCC4)cc2)CCO3)CC1. The molecular formula is C27H34N4O3. The summed E-state index contributed by atoms with van der Waals surface area (Å²) in [6.07, 6.45) is 2.48. The highest BCUT2D eigenvalue weighted by atomic mass is 16.5. The number of fused-ring (bicyclic) bond motifs is 1. The first kappa shape index (κ1) is 22.7. The highest BCUT2D eigenvalue weighted by molar-refractivity contribution is 5.94. The van der Waals surface area contributed by atoms with Crippen molar-refractivity contribution < 1.29 is 14.3 Å². The molecule has 0 radical (unpaired) electrons. The molecule has 3 aliphatic rings. The molecule has 3 heterocycles. The molecule has 3 aliphatic heterocycles. The lowest BCUT2D eigenvalue weighted by atomic mass is 10.1. The van der Waals surface area contributed by atoms with Crippen LogP contribution in [0.25, 0.3) is 0 Å². The summed E-state index contributed by atoms with van der Waals surface area (Å²) >= 11 is 0. The van der Waals surface area contributed by atoms with E-state index in [-0.39, 0.29) is 11.8 Å².